The Hall–Kier alpha value is -0.0800. The van der Waals surface area contributed by atoms with Crippen LogP contribution in [0.2, 0.25) is 0 Å². The van der Waals surface area contributed by atoms with Gasteiger partial charge in [0, 0.05) is 13.2 Å². The normalized spacial score (nSPS) is 23.6. The first kappa shape index (κ1) is 14.0. The summed E-state index contributed by atoms with van der Waals surface area (Å²) in [4.78, 5) is 2.58. The molecule has 2 nitrogen and oxygen atoms in total. The van der Waals surface area contributed by atoms with E-state index in [1.807, 2.05) is 0 Å². The quantitative estimate of drug-likeness (QED) is 0.714. The molecule has 0 amide bonds. The molecule has 1 saturated heterocycles. The molecule has 1 rings (SSSR count). The molecule has 1 unspecified atom stereocenters. The van der Waals surface area contributed by atoms with Gasteiger partial charge in [0.25, 0.3) is 0 Å². The van der Waals surface area contributed by atoms with Crippen molar-refractivity contribution in [1.29, 1.82) is 0 Å². The van der Waals surface area contributed by atoms with Gasteiger partial charge in [-0.15, -0.1) is 0 Å². The van der Waals surface area contributed by atoms with Gasteiger partial charge in [-0.25, -0.2) is 0 Å². The third kappa shape index (κ3) is 5.86. The van der Waals surface area contributed by atoms with Crippen molar-refractivity contribution in [3.05, 3.63) is 0 Å². The Bertz CT molecular complexity index is 186. The van der Waals surface area contributed by atoms with Gasteiger partial charge < -0.3 is 9.64 Å². The van der Waals surface area contributed by atoms with Gasteiger partial charge in [-0.2, -0.15) is 0 Å². The molecule has 0 aromatic heterocycles. The van der Waals surface area contributed by atoms with E-state index in [-0.39, 0.29) is 0 Å². The second-order valence-electron chi connectivity index (χ2n) is 6.25. The first-order valence-corrected chi connectivity index (χ1v) is 6.85. The molecular formula is C14H29NO. The molecule has 1 heterocycles. The van der Waals surface area contributed by atoms with Crippen molar-refractivity contribution < 1.29 is 4.74 Å². The largest absolute Gasteiger partial charge is 0.377 e. The molecule has 16 heavy (non-hydrogen) atoms. The Morgan fingerprint density at radius 2 is 2.06 bits per heavy atom. The van der Waals surface area contributed by atoms with Crippen LogP contribution in [0.1, 0.15) is 53.4 Å². The van der Waals surface area contributed by atoms with Gasteiger partial charge in [-0.05, 0) is 44.2 Å². The molecule has 0 aromatic carbocycles. The third-order valence-electron chi connectivity index (χ3n) is 3.20. The number of hydrogen-bond acceptors (Lipinski definition) is 2. The Kier molecular flexibility index (Phi) is 5.77. The molecule has 1 aliphatic rings. The average molecular weight is 227 g/mol. The fraction of sp³-hybridized carbons (Fsp3) is 1.00. The molecule has 0 radical (unpaired) electrons. The van der Waals surface area contributed by atoms with Crippen LogP contribution in [0.3, 0.4) is 0 Å². The van der Waals surface area contributed by atoms with E-state index in [4.69, 9.17) is 4.74 Å². The van der Waals surface area contributed by atoms with Gasteiger partial charge in [-0.1, -0.05) is 27.7 Å². The number of rotatable bonds is 5. The Morgan fingerprint density at radius 1 is 1.31 bits per heavy atom. The standard InChI is InChI=1S/C14H29NO/c1-5-11-16-13-7-6-9-15(12-13)10-8-14(2,3)4/h13H,5-12H2,1-4H3. The van der Waals surface area contributed by atoms with Gasteiger partial charge in [0.2, 0.25) is 0 Å². The summed E-state index contributed by atoms with van der Waals surface area (Å²) in [7, 11) is 0. The van der Waals surface area contributed by atoms with Crippen molar-refractivity contribution in [3.63, 3.8) is 0 Å². The van der Waals surface area contributed by atoms with E-state index in [9.17, 15) is 0 Å². The highest BCUT2D eigenvalue weighted by molar-refractivity contribution is 4.75. The molecule has 96 valence electrons. The number of likely N-dealkylation sites (tertiary alicyclic amines) is 1. The Balaban J connectivity index is 2.22. The van der Waals surface area contributed by atoms with Gasteiger partial charge >= 0.3 is 0 Å². The third-order valence-corrected chi connectivity index (χ3v) is 3.20. The molecule has 0 saturated carbocycles. The molecule has 1 fully saturated rings. The molecule has 0 spiro atoms. The summed E-state index contributed by atoms with van der Waals surface area (Å²) in [6, 6.07) is 0. The highest BCUT2D eigenvalue weighted by Crippen LogP contribution is 2.21. The summed E-state index contributed by atoms with van der Waals surface area (Å²) in [5.41, 5.74) is 0.456. The van der Waals surface area contributed by atoms with E-state index in [0.717, 1.165) is 19.6 Å². The van der Waals surface area contributed by atoms with Crippen molar-refractivity contribution in [3.8, 4) is 0 Å². The van der Waals surface area contributed by atoms with Crippen molar-refractivity contribution in [2.45, 2.75) is 59.5 Å². The lowest BCUT2D eigenvalue weighted by atomic mass is 9.91. The summed E-state index contributed by atoms with van der Waals surface area (Å²) in [5.74, 6) is 0. The lowest BCUT2D eigenvalue weighted by molar-refractivity contribution is -0.00225. The summed E-state index contributed by atoms with van der Waals surface area (Å²) in [5, 5.41) is 0. The van der Waals surface area contributed by atoms with Crippen LogP contribution < -0.4 is 0 Å². The Labute approximate surface area is 101 Å². The molecule has 2 heteroatoms. The van der Waals surface area contributed by atoms with Crippen LogP contribution >= 0.6 is 0 Å². The second-order valence-corrected chi connectivity index (χ2v) is 6.25. The van der Waals surface area contributed by atoms with E-state index >= 15 is 0 Å². The molecule has 0 bridgehead atoms. The molecular weight excluding hydrogens is 198 g/mol. The molecule has 0 aromatic rings. The van der Waals surface area contributed by atoms with Crippen LogP contribution in [0.25, 0.3) is 0 Å². The number of ether oxygens (including phenoxy) is 1. The highest BCUT2D eigenvalue weighted by Gasteiger charge is 2.21. The first-order valence-electron chi connectivity index (χ1n) is 6.85. The zero-order valence-corrected chi connectivity index (χ0v) is 11.6. The summed E-state index contributed by atoms with van der Waals surface area (Å²) in [6.07, 6.45) is 5.48. The summed E-state index contributed by atoms with van der Waals surface area (Å²) in [6.45, 7) is 13.7. The maximum absolute atomic E-state index is 5.85. The maximum atomic E-state index is 5.85. The van der Waals surface area contributed by atoms with Crippen molar-refractivity contribution in [2.24, 2.45) is 5.41 Å². The van der Waals surface area contributed by atoms with E-state index in [1.165, 1.54) is 32.4 Å². The minimum Gasteiger partial charge on any atom is -0.377 e. The van der Waals surface area contributed by atoms with Gasteiger partial charge in [-0.3, -0.25) is 0 Å². The zero-order valence-electron chi connectivity index (χ0n) is 11.6. The predicted octanol–water partition coefficient (Wildman–Crippen LogP) is 3.31. The second kappa shape index (κ2) is 6.61. The van der Waals surface area contributed by atoms with E-state index in [0.29, 0.717) is 11.5 Å². The Morgan fingerprint density at radius 3 is 2.69 bits per heavy atom. The van der Waals surface area contributed by atoms with Crippen LogP contribution in [-0.2, 0) is 4.74 Å². The topological polar surface area (TPSA) is 12.5 Å². The van der Waals surface area contributed by atoms with Gasteiger partial charge in [0.15, 0.2) is 0 Å². The van der Waals surface area contributed by atoms with E-state index in [1.54, 1.807) is 0 Å². The van der Waals surface area contributed by atoms with E-state index in [2.05, 4.69) is 32.6 Å². The van der Waals surface area contributed by atoms with Gasteiger partial charge in [0.1, 0.15) is 0 Å². The minimum absolute atomic E-state index is 0.456. The lowest BCUT2D eigenvalue weighted by Crippen LogP contribution is -2.41. The lowest BCUT2D eigenvalue weighted by Gasteiger charge is -2.34. The fourth-order valence-electron chi connectivity index (χ4n) is 2.13. The first-order chi connectivity index (χ1) is 7.51. The number of nitrogens with zero attached hydrogens (tertiary/aromatic N) is 1. The SMILES string of the molecule is CCCOC1CCCN(CCC(C)(C)C)C1. The number of piperidine rings is 1. The van der Waals surface area contributed by atoms with E-state index < -0.39 is 0 Å². The molecule has 1 aliphatic heterocycles. The monoisotopic (exact) mass is 227 g/mol. The maximum Gasteiger partial charge on any atom is 0.0702 e. The average Bonchev–Trinajstić information content (AvgIpc) is 2.23. The number of hydrogen-bond donors (Lipinski definition) is 0. The minimum atomic E-state index is 0.456. The van der Waals surface area contributed by atoms with Crippen molar-refractivity contribution in [1.82, 2.24) is 4.90 Å². The van der Waals surface area contributed by atoms with Crippen LogP contribution in [0.4, 0.5) is 0 Å². The van der Waals surface area contributed by atoms with Crippen LogP contribution in [0.15, 0.2) is 0 Å². The predicted molar refractivity (Wildman–Crippen MR) is 69.8 cm³/mol. The summed E-state index contributed by atoms with van der Waals surface area (Å²) < 4.78 is 5.85. The van der Waals surface area contributed by atoms with Crippen molar-refractivity contribution >= 4 is 0 Å². The zero-order chi connectivity index (χ0) is 12.0. The van der Waals surface area contributed by atoms with Crippen molar-refractivity contribution in [2.75, 3.05) is 26.2 Å². The van der Waals surface area contributed by atoms with Crippen LogP contribution in [0.5, 0.6) is 0 Å². The summed E-state index contributed by atoms with van der Waals surface area (Å²) >= 11 is 0. The van der Waals surface area contributed by atoms with Crippen LogP contribution in [-0.4, -0.2) is 37.2 Å². The highest BCUT2D eigenvalue weighted by atomic mass is 16.5. The molecule has 1 atom stereocenters. The fourth-order valence-corrected chi connectivity index (χ4v) is 2.13. The smallest absolute Gasteiger partial charge is 0.0702 e. The van der Waals surface area contributed by atoms with Crippen LogP contribution in [0, 0.1) is 5.41 Å². The molecule has 0 N–H and O–H groups in total. The van der Waals surface area contributed by atoms with Gasteiger partial charge in [0.05, 0.1) is 6.10 Å². The molecule has 0 aliphatic carbocycles.